The minimum absolute atomic E-state index is 0.0284. The molecule has 0 radical (unpaired) electrons. The monoisotopic (exact) mass is 294 g/mol. The minimum Gasteiger partial charge on any atom is -0.360 e. The molecular formula is C16H23FN2S. The number of nitrogens with zero attached hydrogens (tertiary/aromatic N) is 1. The Morgan fingerprint density at radius 1 is 1.50 bits per heavy atom. The molecule has 1 aromatic carbocycles. The fourth-order valence-corrected chi connectivity index (χ4v) is 3.48. The highest BCUT2D eigenvalue weighted by Gasteiger charge is 2.27. The van der Waals surface area contributed by atoms with Crippen LogP contribution < -0.4 is 5.32 Å². The van der Waals surface area contributed by atoms with Crippen LogP contribution in [-0.2, 0) is 0 Å². The maximum atomic E-state index is 13.6. The molecule has 1 heterocycles. The average Bonchev–Trinajstić information content (AvgIpc) is 2.42. The van der Waals surface area contributed by atoms with Crippen molar-refractivity contribution in [1.29, 1.82) is 0 Å². The van der Waals surface area contributed by atoms with Crippen LogP contribution >= 0.6 is 11.8 Å². The van der Waals surface area contributed by atoms with Gasteiger partial charge in [-0.3, -0.25) is 4.99 Å². The molecule has 110 valence electrons. The first-order valence-corrected chi connectivity index (χ1v) is 8.17. The number of thioether (sulfide) groups is 1. The lowest BCUT2D eigenvalue weighted by Gasteiger charge is -2.35. The fourth-order valence-electron chi connectivity index (χ4n) is 2.18. The van der Waals surface area contributed by atoms with Gasteiger partial charge in [0, 0.05) is 11.3 Å². The second kappa shape index (κ2) is 6.17. The van der Waals surface area contributed by atoms with Crippen LogP contribution in [0.15, 0.2) is 23.2 Å². The SMILES string of the molecule is CCC1(C)CCSC(=NC(C)c2ccc(C)c(F)c2)N1. The second-order valence-corrected chi connectivity index (χ2v) is 6.84. The number of aliphatic imine (C=N–C) groups is 1. The van der Waals surface area contributed by atoms with E-state index in [1.165, 1.54) is 0 Å². The first-order valence-electron chi connectivity index (χ1n) is 7.18. The second-order valence-electron chi connectivity index (χ2n) is 5.76. The van der Waals surface area contributed by atoms with Crippen LogP contribution in [0.4, 0.5) is 4.39 Å². The van der Waals surface area contributed by atoms with Gasteiger partial charge in [-0.05, 0) is 50.8 Å². The molecule has 0 aliphatic carbocycles. The molecule has 0 aromatic heterocycles. The van der Waals surface area contributed by atoms with E-state index < -0.39 is 0 Å². The molecule has 1 aliphatic rings. The Morgan fingerprint density at radius 2 is 2.25 bits per heavy atom. The van der Waals surface area contributed by atoms with Gasteiger partial charge in [-0.2, -0.15) is 0 Å². The van der Waals surface area contributed by atoms with Gasteiger partial charge in [-0.25, -0.2) is 4.39 Å². The third kappa shape index (κ3) is 3.54. The zero-order chi connectivity index (χ0) is 14.8. The predicted octanol–water partition coefficient (Wildman–Crippen LogP) is 4.45. The topological polar surface area (TPSA) is 24.4 Å². The third-order valence-corrected chi connectivity index (χ3v) is 4.96. The Bertz CT molecular complexity index is 515. The zero-order valence-corrected chi connectivity index (χ0v) is 13.5. The largest absolute Gasteiger partial charge is 0.360 e. The highest BCUT2D eigenvalue weighted by atomic mass is 32.2. The number of nitrogens with one attached hydrogen (secondary N) is 1. The third-order valence-electron chi connectivity index (χ3n) is 4.07. The van der Waals surface area contributed by atoms with E-state index >= 15 is 0 Å². The summed E-state index contributed by atoms with van der Waals surface area (Å²) in [5, 5.41) is 4.51. The van der Waals surface area contributed by atoms with E-state index in [2.05, 4.69) is 19.2 Å². The Kier molecular flexibility index (Phi) is 4.74. The lowest BCUT2D eigenvalue weighted by Crippen LogP contribution is -2.48. The molecule has 2 unspecified atom stereocenters. The van der Waals surface area contributed by atoms with E-state index in [1.54, 1.807) is 24.8 Å². The van der Waals surface area contributed by atoms with Crippen molar-refractivity contribution in [3.8, 4) is 0 Å². The minimum atomic E-state index is -0.155. The summed E-state index contributed by atoms with van der Waals surface area (Å²) in [7, 11) is 0. The predicted molar refractivity (Wildman–Crippen MR) is 85.9 cm³/mol. The van der Waals surface area contributed by atoms with Gasteiger partial charge in [0.05, 0.1) is 6.04 Å². The quantitative estimate of drug-likeness (QED) is 0.891. The van der Waals surface area contributed by atoms with Crippen LogP contribution in [0.2, 0.25) is 0 Å². The number of aryl methyl sites for hydroxylation is 1. The maximum absolute atomic E-state index is 13.6. The average molecular weight is 294 g/mol. The fraction of sp³-hybridized carbons (Fsp3) is 0.562. The highest BCUT2D eigenvalue weighted by Crippen LogP contribution is 2.27. The van der Waals surface area contributed by atoms with Gasteiger partial charge in [0.1, 0.15) is 5.82 Å². The van der Waals surface area contributed by atoms with E-state index in [9.17, 15) is 4.39 Å². The molecule has 2 atom stereocenters. The molecule has 2 rings (SSSR count). The molecule has 1 saturated heterocycles. The van der Waals surface area contributed by atoms with Gasteiger partial charge in [0.15, 0.2) is 5.17 Å². The van der Waals surface area contributed by atoms with Crippen LogP contribution in [0.3, 0.4) is 0 Å². The van der Waals surface area contributed by atoms with Crippen LogP contribution in [0.5, 0.6) is 0 Å². The lowest BCUT2D eigenvalue weighted by molar-refractivity contribution is 0.389. The number of benzene rings is 1. The molecule has 1 aromatic rings. The normalized spacial score (nSPS) is 26.4. The summed E-state index contributed by atoms with van der Waals surface area (Å²) < 4.78 is 13.6. The van der Waals surface area contributed by atoms with Gasteiger partial charge in [-0.1, -0.05) is 30.8 Å². The van der Waals surface area contributed by atoms with Crippen molar-refractivity contribution in [3.05, 3.63) is 35.1 Å². The summed E-state index contributed by atoms with van der Waals surface area (Å²) in [5.74, 6) is 0.933. The van der Waals surface area contributed by atoms with Crippen LogP contribution in [0, 0.1) is 12.7 Å². The van der Waals surface area contributed by atoms with Crippen LogP contribution in [0.25, 0.3) is 0 Å². The van der Waals surface area contributed by atoms with E-state index in [0.717, 1.165) is 29.3 Å². The van der Waals surface area contributed by atoms with E-state index in [-0.39, 0.29) is 17.4 Å². The molecule has 1 N–H and O–H groups in total. The van der Waals surface area contributed by atoms with Gasteiger partial charge >= 0.3 is 0 Å². The molecule has 1 aliphatic heterocycles. The summed E-state index contributed by atoms with van der Waals surface area (Å²) >= 11 is 1.76. The molecule has 0 saturated carbocycles. The Hall–Kier alpha value is -1.03. The van der Waals surface area contributed by atoms with Crippen molar-refractivity contribution in [3.63, 3.8) is 0 Å². The van der Waals surface area contributed by atoms with Crippen molar-refractivity contribution < 1.29 is 4.39 Å². The van der Waals surface area contributed by atoms with E-state index in [0.29, 0.717) is 5.56 Å². The van der Waals surface area contributed by atoms with Gasteiger partial charge in [0.2, 0.25) is 0 Å². The molecule has 0 bridgehead atoms. The number of hydrogen-bond donors (Lipinski definition) is 1. The summed E-state index contributed by atoms with van der Waals surface area (Å²) in [6.45, 7) is 8.22. The maximum Gasteiger partial charge on any atom is 0.157 e. The smallest absolute Gasteiger partial charge is 0.157 e. The van der Waals surface area contributed by atoms with Gasteiger partial charge < -0.3 is 5.32 Å². The molecule has 20 heavy (non-hydrogen) atoms. The van der Waals surface area contributed by atoms with E-state index in [1.807, 2.05) is 19.1 Å². The van der Waals surface area contributed by atoms with Crippen molar-refractivity contribution >= 4 is 16.9 Å². The number of amidine groups is 1. The molecule has 1 fully saturated rings. The van der Waals surface area contributed by atoms with Gasteiger partial charge in [-0.15, -0.1) is 0 Å². The summed E-state index contributed by atoms with van der Waals surface area (Å²) in [6.07, 6.45) is 2.24. The first kappa shape index (κ1) is 15.4. The van der Waals surface area contributed by atoms with E-state index in [4.69, 9.17) is 4.99 Å². The molecule has 0 spiro atoms. The van der Waals surface area contributed by atoms with Crippen molar-refractivity contribution in [2.75, 3.05) is 5.75 Å². The molecule has 4 heteroatoms. The summed E-state index contributed by atoms with van der Waals surface area (Å²) in [5.41, 5.74) is 1.74. The highest BCUT2D eigenvalue weighted by molar-refractivity contribution is 8.13. The lowest BCUT2D eigenvalue weighted by atomic mass is 9.96. The Labute approximate surface area is 125 Å². The van der Waals surface area contributed by atoms with Gasteiger partial charge in [0.25, 0.3) is 0 Å². The first-order chi connectivity index (χ1) is 9.43. The number of hydrogen-bond acceptors (Lipinski definition) is 2. The summed E-state index contributed by atoms with van der Waals surface area (Å²) in [4.78, 5) is 4.72. The Balaban J connectivity index is 2.15. The number of halogens is 1. The molecule has 0 amide bonds. The molecule has 2 nitrogen and oxygen atoms in total. The van der Waals surface area contributed by atoms with Crippen LogP contribution in [0.1, 0.15) is 50.8 Å². The van der Waals surface area contributed by atoms with Crippen molar-refractivity contribution in [2.45, 2.75) is 52.1 Å². The Morgan fingerprint density at radius 3 is 2.90 bits per heavy atom. The zero-order valence-electron chi connectivity index (χ0n) is 12.7. The van der Waals surface area contributed by atoms with Crippen LogP contribution in [-0.4, -0.2) is 16.5 Å². The van der Waals surface area contributed by atoms with Crippen molar-refractivity contribution in [1.82, 2.24) is 5.32 Å². The number of rotatable bonds is 3. The summed E-state index contributed by atoms with van der Waals surface area (Å²) in [6, 6.07) is 5.34. The standard InChI is InChI=1S/C16H23FN2S/c1-5-16(4)8-9-20-15(19-16)18-12(3)13-7-6-11(2)14(17)10-13/h6-7,10,12H,5,8-9H2,1-4H3,(H,18,19). The molecular weight excluding hydrogens is 271 g/mol. The van der Waals surface area contributed by atoms with Crippen molar-refractivity contribution in [2.24, 2.45) is 4.99 Å².